The van der Waals surface area contributed by atoms with Crippen molar-refractivity contribution in [3.05, 3.63) is 20.3 Å². The number of hydrogen-bond donors (Lipinski definition) is 1. The van der Waals surface area contributed by atoms with Crippen molar-refractivity contribution in [1.82, 2.24) is 0 Å². The minimum atomic E-state index is 0.0835. The van der Waals surface area contributed by atoms with Crippen LogP contribution in [0.5, 0.6) is 0 Å². The van der Waals surface area contributed by atoms with Gasteiger partial charge in [0.2, 0.25) is 5.43 Å². The molecule has 0 saturated heterocycles. The molecule has 2 nitrogen and oxygen atoms in total. The number of nitrogens with one attached hydrogen (secondary N) is 1. The number of hydrogen-bond acceptors (Lipinski definition) is 3. The maximum absolute atomic E-state index is 11.5. The summed E-state index contributed by atoms with van der Waals surface area (Å²) in [5.41, 5.74) is 2.31. The highest BCUT2D eigenvalue weighted by Crippen LogP contribution is 2.22. The summed E-state index contributed by atoms with van der Waals surface area (Å²) in [6.07, 6.45) is 4.14. The summed E-state index contributed by atoms with van der Waals surface area (Å²) >= 11 is 5.07. The van der Waals surface area contributed by atoms with E-state index in [-0.39, 0.29) is 5.43 Å². The molecular weight excluding hydrogens is 230 g/mol. The molecule has 0 unspecified atom stereocenters. The molecule has 17 heavy (non-hydrogen) atoms. The van der Waals surface area contributed by atoms with Crippen LogP contribution in [0.2, 0.25) is 0 Å². The fourth-order valence-corrected chi connectivity index (χ4v) is 2.26. The third-order valence-corrected chi connectivity index (χ3v) is 3.30. The van der Waals surface area contributed by atoms with E-state index < -0.39 is 0 Å². The Bertz CT molecular complexity index is 436. The molecule has 0 aliphatic rings. The van der Waals surface area contributed by atoms with E-state index in [1.165, 1.54) is 6.42 Å². The summed E-state index contributed by atoms with van der Waals surface area (Å²) in [5.74, 6) is 0. The fraction of sp³-hybridized carbons (Fsp3) is 0.714. The van der Waals surface area contributed by atoms with Gasteiger partial charge in [-0.15, -0.1) is 0 Å². The minimum absolute atomic E-state index is 0.0835. The van der Waals surface area contributed by atoms with Crippen LogP contribution in [-0.2, 0) is 6.42 Å². The molecule has 0 heterocycles. The Labute approximate surface area is 109 Å². The normalized spacial score (nSPS) is 12.0. The van der Waals surface area contributed by atoms with E-state index in [1.807, 2.05) is 0 Å². The third kappa shape index (κ3) is 3.91. The molecule has 0 atom stereocenters. The largest absolute Gasteiger partial charge is 0.383 e. The first-order chi connectivity index (χ1) is 7.87. The van der Waals surface area contributed by atoms with Gasteiger partial charge < -0.3 is 5.32 Å². The van der Waals surface area contributed by atoms with Crippen molar-refractivity contribution in [3.8, 4) is 0 Å². The van der Waals surface area contributed by atoms with Gasteiger partial charge in [0.25, 0.3) is 0 Å². The molecule has 1 rings (SSSR count). The molecule has 0 aromatic heterocycles. The van der Waals surface area contributed by atoms with E-state index >= 15 is 0 Å². The van der Waals surface area contributed by atoms with Gasteiger partial charge in [0.1, 0.15) is 4.51 Å². The monoisotopic (exact) mass is 253 g/mol. The summed E-state index contributed by atoms with van der Waals surface area (Å²) in [4.78, 5) is 11.5. The molecule has 0 aliphatic heterocycles. The lowest BCUT2D eigenvalue weighted by atomic mass is 9.90. The van der Waals surface area contributed by atoms with Crippen molar-refractivity contribution >= 4 is 17.9 Å². The Kier molecular flexibility index (Phi) is 4.87. The zero-order chi connectivity index (χ0) is 13.1. The topological polar surface area (TPSA) is 29.1 Å². The molecule has 0 radical (unpaired) electrons. The lowest BCUT2D eigenvalue weighted by Crippen LogP contribution is -2.22. The maximum atomic E-state index is 11.5. The molecule has 3 heteroatoms. The second-order valence-corrected chi connectivity index (χ2v) is 6.26. The van der Waals surface area contributed by atoms with E-state index in [1.54, 1.807) is 0 Å². The molecule has 1 N–H and O–H groups in total. The zero-order valence-electron chi connectivity index (χ0n) is 11.4. The molecule has 0 amide bonds. The third-order valence-electron chi connectivity index (χ3n) is 2.91. The van der Waals surface area contributed by atoms with Gasteiger partial charge in [-0.3, -0.25) is 4.79 Å². The first-order valence-corrected chi connectivity index (χ1v) is 6.83. The SMILES string of the molecule is CCCc1c(NCCCC(C)(C)C)c(=S)c1=O. The van der Waals surface area contributed by atoms with Gasteiger partial charge in [-0.05, 0) is 24.7 Å². The molecule has 0 spiro atoms. The standard InChI is InChI=1S/C14H23NOS/c1-5-7-10-11(13(17)12(10)16)15-9-6-8-14(2,3)4/h15H,5-9H2,1-4H3. The Morgan fingerprint density at radius 2 is 1.94 bits per heavy atom. The predicted octanol–water partition coefficient (Wildman–Crippen LogP) is 3.84. The van der Waals surface area contributed by atoms with Crippen molar-refractivity contribution < 1.29 is 0 Å². The van der Waals surface area contributed by atoms with Crippen molar-refractivity contribution in [2.45, 2.75) is 53.4 Å². The van der Waals surface area contributed by atoms with Crippen LogP contribution >= 0.6 is 12.2 Å². The first-order valence-electron chi connectivity index (χ1n) is 6.43. The van der Waals surface area contributed by atoms with Crippen LogP contribution in [0.3, 0.4) is 0 Å². The molecular formula is C14H23NOS. The van der Waals surface area contributed by atoms with Crippen LogP contribution in [0, 0.1) is 9.93 Å². The number of rotatable bonds is 6. The van der Waals surface area contributed by atoms with Crippen LogP contribution in [0.25, 0.3) is 0 Å². The molecule has 0 fully saturated rings. The van der Waals surface area contributed by atoms with Crippen molar-refractivity contribution in [2.75, 3.05) is 11.9 Å². The van der Waals surface area contributed by atoms with Crippen LogP contribution in [0.1, 0.15) is 52.5 Å². The molecule has 1 aromatic carbocycles. The van der Waals surface area contributed by atoms with Gasteiger partial charge in [0.05, 0.1) is 5.69 Å². The molecule has 0 aliphatic carbocycles. The van der Waals surface area contributed by atoms with Crippen LogP contribution in [-0.4, -0.2) is 6.54 Å². The van der Waals surface area contributed by atoms with Crippen LogP contribution in [0.15, 0.2) is 4.79 Å². The summed E-state index contributed by atoms with van der Waals surface area (Å²) in [6, 6.07) is 0. The van der Waals surface area contributed by atoms with Crippen molar-refractivity contribution in [1.29, 1.82) is 0 Å². The summed E-state index contributed by atoms with van der Waals surface area (Å²) < 4.78 is 0.504. The van der Waals surface area contributed by atoms with E-state index in [9.17, 15) is 4.79 Å². The smallest absolute Gasteiger partial charge is 0.204 e. The van der Waals surface area contributed by atoms with Crippen molar-refractivity contribution in [2.24, 2.45) is 5.41 Å². The van der Waals surface area contributed by atoms with E-state index in [0.29, 0.717) is 9.93 Å². The predicted molar refractivity (Wildman–Crippen MR) is 77.1 cm³/mol. The van der Waals surface area contributed by atoms with Gasteiger partial charge in [0, 0.05) is 12.1 Å². The molecule has 96 valence electrons. The van der Waals surface area contributed by atoms with E-state index in [2.05, 4.69) is 33.0 Å². The highest BCUT2D eigenvalue weighted by molar-refractivity contribution is 7.71. The zero-order valence-corrected chi connectivity index (χ0v) is 12.2. The maximum Gasteiger partial charge on any atom is 0.204 e. The second kappa shape index (κ2) is 5.76. The minimum Gasteiger partial charge on any atom is -0.383 e. The summed E-state index contributed by atoms with van der Waals surface area (Å²) in [6.45, 7) is 9.72. The van der Waals surface area contributed by atoms with Crippen LogP contribution < -0.4 is 10.7 Å². The quantitative estimate of drug-likeness (QED) is 0.617. The van der Waals surface area contributed by atoms with E-state index in [0.717, 1.165) is 37.1 Å². The average molecular weight is 253 g/mol. The Morgan fingerprint density at radius 3 is 2.47 bits per heavy atom. The molecule has 0 bridgehead atoms. The first kappa shape index (κ1) is 14.4. The van der Waals surface area contributed by atoms with Gasteiger partial charge in [0.15, 0.2) is 0 Å². The lowest BCUT2D eigenvalue weighted by Gasteiger charge is -2.19. The van der Waals surface area contributed by atoms with Gasteiger partial charge in [-0.1, -0.05) is 46.3 Å². The highest BCUT2D eigenvalue weighted by atomic mass is 32.1. The van der Waals surface area contributed by atoms with Crippen LogP contribution in [0.4, 0.5) is 5.69 Å². The molecule has 1 aromatic rings. The lowest BCUT2D eigenvalue weighted by molar-refractivity contribution is 0.370. The van der Waals surface area contributed by atoms with Gasteiger partial charge >= 0.3 is 0 Å². The average Bonchev–Trinajstić information content (AvgIpc) is 2.25. The Morgan fingerprint density at radius 1 is 1.29 bits per heavy atom. The molecule has 0 saturated carbocycles. The summed E-state index contributed by atoms with van der Waals surface area (Å²) in [7, 11) is 0. The summed E-state index contributed by atoms with van der Waals surface area (Å²) in [5, 5.41) is 3.32. The van der Waals surface area contributed by atoms with Gasteiger partial charge in [-0.2, -0.15) is 0 Å². The van der Waals surface area contributed by atoms with Crippen molar-refractivity contribution in [3.63, 3.8) is 0 Å². The number of anilines is 1. The van der Waals surface area contributed by atoms with E-state index in [4.69, 9.17) is 12.2 Å². The fourth-order valence-electron chi connectivity index (χ4n) is 1.95. The Balaban J connectivity index is 2.45. The second-order valence-electron chi connectivity index (χ2n) is 5.85. The Hall–Kier alpha value is -0.700. The highest BCUT2D eigenvalue weighted by Gasteiger charge is 2.16. The van der Waals surface area contributed by atoms with Gasteiger partial charge in [-0.25, -0.2) is 0 Å².